The van der Waals surface area contributed by atoms with E-state index in [9.17, 15) is 4.79 Å². The maximum absolute atomic E-state index is 12.6. The zero-order valence-electron chi connectivity index (χ0n) is 14.8. The Bertz CT molecular complexity index is 1170. The number of nitrogens with zero attached hydrogens (tertiary/aromatic N) is 4. The van der Waals surface area contributed by atoms with Crippen molar-refractivity contribution in [2.75, 3.05) is 0 Å². The van der Waals surface area contributed by atoms with Crippen LogP contribution in [0.4, 0.5) is 0 Å². The lowest BCUT2D eigenvalue weighted by atomic mass is 9.87. The summed E-state index contributed by atoms with van der Waals surface area (Å²) in [5.41, 5.74) is 3.02. The molecule has 0 aliphatic carbocycles. The van der Waals surface area contributed by atoms with E-state index in [0.29, 0.717) is 15.3 Å². The minimum atomic E-state index is -0.146. The second-order valence-corrected chi connectivity index (χ2v) is 8.17. The summed E-state index contributed by atoms with van der Waals surface area (Å²) in [6, 6.07) is 12.0. The molecule has 3 aromatic heterocycles. The van der Waals surface area contributed by atoms with Crippen LogP contribution in [0.15, 0.2) is 53.6 Å². The van der Waals surface area contributed by atoms with Crippen LogP contribution >= 0.6 is 11.3 Å². The van der Waals surface area contributed by atoms with Crippen molar-refractivity contribution in [2.24, 2.45) is 0 Å². The van der Waals surface area contributed by atoms with Gasteiger partial charge in [-0.15, -0.1) is 5.10 Å². The first kappa shape index (κ1) is 16.6. The molecule has 0 unspecified atom stereocenters. The number of fused-ring (bicyclic) bond motifs is 1. The molecule has 0 atom stereocenters. The normalized spacial score (nSPS) is 12.8. The summed E-state index contributed by atoms with van der Waals surface area (Å²) >= 11 is 1.34. The molecule has 0 fully saturated rings. The van der Waals surface area contributed by atoms with Crippen molar-refractivity contribution < 1.29 is 0 Å². The highest BCUT2D eigenvalue weighted by molar-refractivity contribution is 7.15. The van der Waals surface area contributed by atoms with Gasteiger partial charge in [-0.05, 0) is 34.8 Å². The average Bonchev–Trinajstić information content (AvgIpc) is 3.16. The SMILES string of the molecule is CC(C)(C)c1ccc(/C=c2\sc3nc(-c4cccnc4)nn3c2=O)cc1. The van der Waals surface area contributed by atoms with Crippen molar-refractivity contribution in [3.63, 3.8) is 0 Å². The van der Waals surface area contributed by atoms with Crippen LogP contribution in [0.3, 0.4) is 0 Å². The quantitative estimate of drug-likeness (QED) is 0.550. The predicted octanol–water partition coefficient (Wildman–Crippen LogP) is 3.06. The maximum atomic E-state index is 12.6. The van der Waals surface area contributed by atoms with Crippen LogP contribution in [0, 0.1) is 0 Å². The Morgan fingerprint density at radius 2 is 1.88 bits per heavy atom. The van der Waals surface area contributed by atoms with Crippen LogP contribution in [-0.2, 0) is 5.41 Å². The zero-order valence-corrected chi connectivity index (χ0v) is 15.6. The van der Waals surface area contributed by atoms with Gasteiger partial charge in [-0.2, -0.15) is 9.50 Å². The Kier molecular flexibility index (Phi) is 3.92. The molecule has 0 amide bonds. The van der Waals surface area contributed by atoms with Crippen molar-refractivity contribution in [3.8, 4) is 11.4 Å². The largest absolute Gasteiger partial charge is 0.291 e. The third-order valence-corrected chi connectivity index (χ3v) is 5.14. The molecule has 0 aliphatic heterocycles. The topological polar surface area (TPSA) is 60.1 Å². The second-order valence-electron chi connectivity index (χ2n) is 7.16. The first-order valence-electron chi connectivity index (χ1n) is 8.34. The molecule has 0 N–H and O–H groups in total. The Labute approximate surface area is 154 Å². The van der Waals surface area contributed by atoms with Crippen molar-refractivity contribution in [2.45, 2.75) is 26.2 Å². The first-order chi connectivity index (χ1) is 12.4. The summed E-state index contributed by atoms with van der Waals surface area (Å²) in [5, 5.41) is 4.33. The fourth-order valence-electron chi connectivity index (χ4n) is 2.68. The summed E-state index contributed by atoms with van der Waals surface area (Å²) in [5.74, 6) is 0.516. The first-order valence-corrected chi connectivity index (χ1v) is 9.16. The smallest absolute Gasteiger partial charge is 0.266 e. The third kappa shape index (κ3) is 3.04. The van der Waals surface area contributed by atoms with E-state index in [0.717, 1.165) is 11.1 Å². The molecule has 3 heterocycles. The molecule has 0 radical (unpaired) electrons. The van der Waals surface area contributed by atoms with Gasteiger partial charge in [-0.25, -0.2) is 0 Å². The average molecular weight is 362 g/mol. The van der Waals surface area contributed by atoms with Crippen LogP contribution in [0.1, 0.15) is 31.9 Å². The molecule has 5 nitrogen and oxygen atoms in total. The van der Waals surface area contributed by atoms with Gasteiger partial charge in [0.15, 0.2) is 5.82 Å². The lowest BCUT2D eigenvalue weighted by Gasteiger charge is -2.18. The monoisotopic (exact) mass is 362 g/mol. The molecular weight excluding hydrogens is 344 g/mol. The minimum absolute atomic E-state index is 0.110. The Morgan fingerprint density at radius 3 is 2.50 bits per heavy atom. The molecule has 1 aromatic carbocycles. The van der Waals surface area contributed by atoms with Gasteiger partial charge in [0.2, 0.25) is 4.96 Å². The van der Waals surface area contributed by atoms with E-state index in [-0.39, 0.29) is 11.0 Å². The van der Waals surface area contributed by atoms with Crippen molar-refractivity contribution in [1.29, 1.82) is 0 Å². The summed E-state index contributed by atoms with van der Waals surface area (Å²) in [4.78, 5) is 21.7. The highest BCUT2D eigenvalue weighted by Gasteiger charge is 2.13. The Morgan fingerprint density at radius 1 is 1.12 bits per heavy atom. The number of thiazole rings is 1. The van der Waals surface area contributed by atoms with E-state index >= 15 is 0 Å². The summed E-state index contributed by atoms with van der Waals surface area (Å²) in [6.07, 6.45) is 5.27. The zero-order chi connectivity index (χ0) is 18.3. The summed E-state index contributed by atoms with van der Waals surface area (Å²) < 4.78 is 1.99. The predicted molar refractivity (Wildman–Crippen MR) is 104 cm³/mol. The molecule has 0 aliphatic rings. The Balaban J connectivity index is 1.74. The molecule has 4 aromatic rings. The summed E-state index contributed by atoms with van der Waals surface area (Å²) in [6.45, 7) is 6.55. The van der Waals surface area contributed by atoms with E-state index in [2.05, 4.69) is 48.0 Å². The van der Waals surface area contributed by atoms with E-state index < -0.39 is 0 Å². The molecule has 26 heavy (non-hydrogen) atoms. The number of benzene rings is 1. The summed E-state index contributed by atoms with van der Waals surface area (Å²) in [7, 11) is 0. The minimum Gasteiger partial charge on any atom is -0.266 e. The van der Waals surface area contributed by atoms with E-state index in [1.807, 2.05) is 30.3 Å². The van der Waals surface area contributed by atoms with Crippen LogP contribution in [0.25, 0.3) is 22.4 Å². The van der Waals surface area contributed by atoms with Crippen LogP contribution in [0.2, 0.25) is 0 Å². The molecule has 0 saturated carbocycles. The van der Waals surface area contributed by atoms with Gasteiger partial charge >= 0.3 is 0 Å². The third-order valence-electron chi connectivity index (χ3n) is 4.18. The fourth-order valence-corrected chi connectivity index (χ4v) is 3.59. The van der Waals surface area contributed by atoms with E-state index in [4.69, 9.17) is 0 Å². The van der Waals surface area contributed by atoms with Gasteiger partial charge in [0, 0.05) is 18.0 Å². The fraction of sp³-hybridized carbons (Fsp3) is 0.200. The maximum Gasteiger partial charge on any atom is 0.291 e. The van der Waals surface area contributed by atoms with Crippen LogP contribution in [0.5, 0.6) is 0 Å². The number of rotatable bonds is 2. The number of hydrogen-bond donors (Lipinski definition) is 0. The molecule has 4 rings (SSSR count). The van der Waals surface area contributed by atoms with Gasteiger partial charge in [0.25, 0.3) is 5.56 Å². The number of pyridine rings is 1. The van der Waals surface area contributed by atoms with Gasteiger partial charge in [-0.1, -0.05) is 56.4 Å². The molecule has 0 saturated heterocycles. The lowest BCUT2D eigenvalue weighted by molar-refractivity contribution is 0.590. The molecule has 130 valence electrons. The highest BCUT2D eigenvalue weighted by Crippen LogP contribution is 2.22. The molecule has 0 spiro atoms. The number of aromatic nitrogens is 4. The lowest BCUT2D eigenvalue weighted by Crippen LogP contribution is -2.23. The second kappa shape index (κ2) is 6.14. The van der Waals surface area contributed by atoms with Gasteiger partial charge in [0.1, 0.15) is 0 Å². The standard InChI is InChI=1S/C20H18N4OS/c1-20(2,3)15-8-6-13(7-9-15)11-16-18(25)24-19(26-16)22-17(23-24)14-5-4-10-21-12-14/h4-12H,1-3H3/b16-11-. The number of hydrogen-bond acceptors (Lipinski definition) is 5. The van der Waals surface area contributed by atoms with Crippen molar-refractivity contribution in [1.82, 2.24) is 19.6 Å². The highest BCUT2D eigenvalue weighted by atomic mass is 32.1. The molecular formula is C20H18N4OS. The van der Waals surface area contributed by atoms with Crippen LogP contribution in [-0.4, -0.2) is 19.6 Å². The Hall–Kier alpha value is -2.86. The molecule has 6 heteroatoms. The van der Waals surface area contributed by atoms with E-state index in [1.54, 1.807) is 12.4 Å². The van der Waals surface area contributed by atoms with E-state index in [1.165, 1.54) is 21.4 Å². The van der Waals surface area contributed by atoms with Gasteiger partial charge in [0.05, 0.1) is 4.53 Å². The molecule has 0 bridgehead atoms. The van der Waals surface area contributed by atoms with Crippen LogP contribution < -0.4 is 10.1 Å². The van der Waals surface area contributed by atoms with Crippen molar-refractivity contribution in [3.05, 3.63) is 74.8 Å². The van der Waals surface area contributed by atoms with Crippen molar-refractivity contribution >= 4 is 22.4 Å². The van der Waals surface area contributed by atoms with Gasteiger partial charge in [-0.3, -0.25) is 9.78 Å². The van der Waals surface area contributed by atoms with Gasteiger partial charge < -0.3 is 0 Å².